The van der Waals surface area contributed by atoms with Gasteiger partial charge < -0.3 is 15.3 Å². The van der Waals surface area contributed by atoms with Crippen LogP contribution in [-0.4, -0.2) is 27.7 Å². The number of hydrogen-bond donors (Lipinski definition) is 2. The van der Waals surface area contributed by atoms with E-state index in [-0.39, 0.29) is 0 Å². The van der Waals surface area contributed by atoms with Gasteiger partial charge in [-0.25, -0.2) is 4.98 Å². The Morgan fingerprint density at radius 2 is 1.96 bits per heavy atom. The van der Waals surface area contributed by atoms with Crippen molar-refractivity contribution in [3.05, 3.63) is 46.6 Å². The molecule has 2 aliphatic rings. The van der Waals surface area contributed by atoms with Crippen molar-refractivity contribution in [3.63, 3.8) is 0 Å². The number of nitrogens with zero attached hydrogens (tertiary/aromatic N) is 3. The molecule has 4 rings (SSSR count). The lowest BCUT2D eigenvalue weighted by Crippen LogP contribution is -2.32. The Bertz CT molecular complexity index is 814. The normalized spacial score (nSPS) is 18.6. The summed E-state index contributed by atoms with van der Waals surface area (Å²) in [6, 6.07) is 9.01. The van der Waals surface area contributed by atoms with Gasteiger partial charge in [0.15, 0.2) is 0 Å². The molecular weight excluding hydrogens is 348 g/mol. The summed E-state index contributed by atoms with van der Waals surface area (Å²) in [5.74, 6) is 1.81. The smallest absolute Gasteiger partial charge is 0.225 e. The van der Waals surface area contributed by atoms with Crippen molar-refractivity contribution in [2.24, 2.45) is 0 Å². The molecule has 1 aliphatic heterocycles. The van der Waals surface area contributed by atoms with Gasteiger partial charge in [0, 0.05) is 30.9 Å². The van der Waals surface area contributed by atoms with Crippen molar-refractivity contribution in [3.8, 4) is 0 Å². The predicted octanol–water partition coefficient (Wildman–Crippen LogP) is 4.40. The van der Waals surface area contributed by atoms with Gasteiger partial charge in [0.05, 0.1) is 6.10 Å². The fourth-order valence-electron chi connectivity index (χ4n) is 4.35. The van der Waals surface area contributed by atoms with Crippen LogP contribution in [0.4, 0.5) is 11.8 Å². The molecule has 0 amide bonds. The van der Waals surface area contributed by atoms with Gasteiger partial charge in [-0.2, -0.15) is 4.98 Å². The molecular formula is C23H32N4O. The number of aromatic nitrogens is 2. The molecule has 2 aromatic rings. The summed E-state index contributed by atoms with van der Waals surface area (Å²) in [5, 5.41) is 13.4. The van der Waals surface area contributed by atoms with Crippen molar-refractivity contribution in [2.75, 3.05) is 16.8 Å². The van der Waals surface area contributed by atoms with E-state index in [1.54, 1.807) is 0 Å². The van der Waals surface area contributed by atoms with E-state index in [2.05, 4.69) is 35.3 Å². The first-order chi connectivity index (χ1) is 13.6. The minimum atomic E-state index is -0.411. The monoisotopic (exact) mass is 380 g/mol. The second-order valence-corrected chi connectivity index (χ2v) is 8.25. The van der Waals surface area contributed by atoms with E-state index >= 15 is 0 Å². The maximum Gasteiger partial charge on any atom is 0.225 e. The molecule has 1 aromatic carbocycles. The highest BCUT2D eigenvalue weighted by atomic mass is 16.3. The minimum absolute atomic E-state index is 0.411. The van der Waals surface area contributed by atoms with E-state index in [0.29, 0.717) is 6.04 Å². The molecule has 2 heterocycles. The average molecular weight is 381 g/mol. The van der Waals surface area contributed by atoms with Crippen LogP contribution in [0.3, 0.4) is 0 Å². The summed E-state index contributed by atoms with van der Waals surface area (Å²) in [7, 11) is 0. The molecule has 0 radical (unpaired) electrons. The van der Waals surface area contributed by atoms with Gasteiger partial charge in [0.2, 0.25) is 5.95 Å². The highest BCUT2D eigenvalue weighted by molar-refractivity contribution is 5.49. The third-order valence-electron chi connectivity index (χ3n) is 6.12. The highest BCUT2D eigenvalue weighted by Gasteiger charge is 2.21. The first-order valence-corrected chi connectivity index (χ1v) is 10.8. The quantitative estimate of drug-likeness (QED) is 0.805. The Morgan fingerprint density at radius 1 is 1.14 bits per heavy atom. The Morgan fingerprint density at radius 3 is 2.71 bits per heavy atom. The molecule has 5 heteroatoms. The zero-order valence-electron chi connectivity index (χ0n) is 17.1. The van der Waals surface area contributed by atoms with E-state index in [1.165, 1.54) is 43.2 Å². The lowest BCUT2D eigenvalue weighted by Gasteiger charge is -2.31. The Balaban J connectivity index is 1.54. The van der Waals surface area contributed by atoms with E-state index in [4.69, 9.17) is 9.97 Å². The topological polar surface area (TPSA) is 61.3 Å². The summed E-state index contributed by atoms with van der Waals surface area (Å²) >= 11 is 0. The van der Waals surface area contributed by atoms with Gasteiger partial charge in [0.25, 0.3) is 0 Å². The standard InChI is InChI=1S/C23H32N4O/c1-3-20-14-22(26-23(24-20)25-21-7-5-4-6-8-21)27-12-11-18-13-17(16(2)28)9-10-19(18)15-27/h9-10,13-14,16,21,28H,3-8,11-12,15H2,1-2H3,(H,24,25,26)/t16-/m0/s1. The number of hydrogen-bond acceptors (Lipinski definition) is 5. The average Bonchev–Trinajstić information content (AvgIpc) is 2.73. The van der Waals surface area contributed by atoms with Crippen LogP contribution >= 0.6 is 0 Å². The molecule has 1 saturated carbocycles. The number of rotatable bonds is 5. The van der Waals surface area contributed by atoms with Crippen LogP contribution in [0.5, 0.6) is 0 Å². The van der Waals surface area contributed by atoms with Crippen LogP contribution in [-0.2, 0) is 19.4 Å². The fraction of sp³-hybridized carbons (Fsp3) is 0.565. The molecule has 1 atom stereocenters. The summed E-state index contributed by atoms with van der Waals surface area (Å²) in [6.07, 6.45) is 7.87. The maximum absolute atomic E-state index is 9.84. The summed E-state index contributed by atoms with van der Waals surface area (Å²) in [4.78, 5) is 12.0. The van der Waals surface area contributed by atoms with Crippen LogP contribution in [0.1, 0.15) is 74.4 Å². The minimum Gasteiger partial charge on any atom is -0.389 e. The van der Waals surface area contributed by atoms with Gasteiger partial charge in [0.1, 0.15) is 5.82 Å². The van der Waals surface area contributed by atoms with Crippen molar-refractivity contribution in [2.45, 2.75) is 77.5 Å². The molecule has 1 aromatic heterocycles. The van der Waals surface area contributed by atoms with Gasteiger partial charge in [-0.3, -0.25) is 0 Å². The largest absolute Gasteiger partial charge is 0.389 e. The molecule has 0 unspecified atom stereocenters. The molecule has 0 saturated heterocycles. The molecule has 0 bridgehead atoms. The molecule has 2 N–H and O–H groups in total. The first-order valence-electron chi connectivity index (χ1n) is 10.8. The van der Waals surface area contributed by atoms with Crippen molar-refractivity contribution < 1.29 is 5.11 Å². The van der Waals surface area contributed by atoms with Gasteiger partial charge in [-0.1, -0.05) is 44.4 Å². The predicted molar refractivity (Wildman–Crippen MR) is 114 cm³/mol. The number of nitrogens with one attached hydrogen (secondary N) is 1. The Labute approximate surface area is 168 Å². The summed E-state index contributed by atoms with van der Waals surface area (Å²) in [5.41, 5.74) is 4.77. The van der Waals surface area contributed by atoms with Crippen molar-refractivity contribution >= 4 is 11.8 Å². The maximum atomic E-state index is 9.84. The molecule has 0 spiro atoms. The number of benzene rings is 1. The second kappa shape index (κ2) is 8.48. The van der Waals surface area contributed by atoms with Crippen LogP contribution < -0.4 is 10.2 Å². The van der Waals surface area contributed by atoms with Gasteiger partial charge in [-0.15, -0.1) is 0 Å². The lowest BCUT2D eigenvalue weighted by molar-refractivity contribution is 0.199. The second-order valence-electron chi connectivity index (χ2n) is 8.25. The molecule has 5 nitrogen and oxygen atoms in total. The number of anilines is 2. The first kappa shape index (κ1) is 19.2. The lowest BCUT2D eigenvalue weighted by atomic mass is 9.95. The summed E-state index contributed by atoms with van der Waals surface area (Å²) in [6.45, 7) is 5.78. The molecule has 1 aliphatic carbocycles. The molecule has 28 heavy (non-hydrogen) atoms. The zero-order valence-corrected chi connectivity index (χ0v) is 17.1. The number of aliphatic hydroxyl groups is 1. The third kappa shape index (κ3) is 4.30. The molecule has 1 fully saturated rings. The van der Waals surface area contributed by atoms with E-state index < -0.39 is 6.10 Å². The van der Waals surface area contributed by atoms with E-state index in [0.717, 1.165) is 49.0 Å². The van der Waals surface area contributed by atoms with Crippen LogP contribution in [0.2, 0.25) is 0 Å². The zero-order chi connectivity index (χ0) is 19.5. The fourth-order valence-corrected chi connectivity index (χ4v) is 4.35. The van der Waals surface area contributed by atoms with Crippen LogP contribution in [0.15, 0.2) is 24.3 Å². The number of fused-ring (bicyclic) bond motifs is 1. The van der Waals surface area contributed by atoms with Crippen LogP contribution in [0, 0.1) is 0 Å². The van der Waals surface area contributed by atoms with Crippen molar-refractivity contribution in [1.29, 1.82) is 0 Å². The Hall–Kier alpha value is -2.14. The Kier molecular flexibility index (Phi) is 5.81. The number of aliphatic hydroxyl groups excluding tert-OH is 1. The SMILES string of the molecule is CCc1cc(N2CCc3cc([C@H](C)O)ccc3C2)nc(NC2CCCCC2)n1. The highest BCUT2D eigenvalue weighted by Crippen LogP contribution is 2.27. The van der Waals surface area contributed by atoms with Gasteiger partial charge >= 0.3 is 0 Å². The van der Waals surface area contributed by atoms with Crippen molar-refractivity contribution in [1.82, 2.24) is 9.97 Å². The van der Waals surface area contributed by atoms with Crippen LogP contribution in [0.25, 0.3) is 0 Å². The number of aryl methyl sites for hydroxylation is 1. The van der Waals surface area contributed by atoms with E-state index in [1.807, 2.05) is 13.0 Å². The van der Waals surface area contributed by atoms with E-state index in [9.17, 15) is 5.11 Å². The summed E-state index contributed by atoms with van der Waals surface area (Å²) < 4.78 is 0. The van der Waals surface area contributed by atoms with Gasteiger partial charge in [-0.05, 0) is 49.3 Å². The molecule has 150 valence electrons. The third-order valence-corrected chi connectivity index (χ3v) is 6.12.